The number of nitrogens with zero attached hydrogens (tertiary/aromatic N) is 1. The zero-order valence-corrected chi connectivity index (χ0v) is 9.88. The van der Waals surface area contributed by atoms with Crippen LogP contribution in [-0.4, -0.2) is 42.4 Å². The van der Waals surface area contributed by atoms with Crippen LogP contribution in [0.4, 0.5) is 8.78 Å². The van der Waals surface area contributed by atoms with Crippen LogP contribution in [-0.2, 0) is 4.74 Å². The van der Waals surface area contributed by atoms with Crippen molar-refractivity contribution in [2.45, 2.75) is 44.5 Å². The Morgan fingerprint density at radius 2 is 2.38 bits per heavy atom. The minimum atomic E-state index is -0.795. The molecule has 2 unspecified atom stereocenters. The van der Waals surface area contributed by atoms with Crippen molar-refractivity contribution in [1.82, 2.24) is 4.90 Å². The van der Waals surface area contributed by atoms with Crippen LogP contribution in [0.1, 0.15) is 26.7 Å². The van der Waals surface area contributed by atoms with Gasteiger partial charge in [-0.05, 0) is 25.8 Å². The van der Waals surface area contributed by atoms with E-state index in [1.807, 2.05) is 18.7 Å². The summed E-state index contributed by atoms with van der Waals surface area (Å²) in [6.07, 6.45) is 1.08. The van der Waals surface area contributed by atoms with Crippen LogP contribution in [0.25, 0.3) is 0 Å². The van der Waals surface area contributed by atoms with E-state index >= 15 is 0 Å². The molecule has 2 rings (SSSR count). The van der Waals surface area contributed by atoms with Gasteiger partial charge in [0.1, 0.15) is 6.17 Å². The third-order valence-electron chi connectivity index (χ3n) is 3.48. The summed E-state index contributed by atoms with van der Waals surface area (Å²) in [4.78, 5) is 2.03. The number of hydrogen-bond donors (Lipinski definition) is 0. The van der Waals surface area contributed by atoms with Crippen molar-refractivity contribution in [2.24, 2.45) is 0 Å². The molecular formula is C12H19F2NO. The lowest BCUT2D eigenvalue weighted by molar-refractivity contribution is 0.00294. The predicted molar refractivity (Wildman–Crippen MR) is 58.7 cm³/mol. The van der Waals surface area contributed by atoms with Crippen molar-refractivity contribution in [3.63, 3.8) is 0 Å². The van der Waals surface area contributed by atoms with E-state index in [9.17, 15) is 8.78 Å². The second kappa shape index (κ2) is 4.41. The largest absolute Gasteiger partial charge is 0.377 e. The second-order valence-corrected chi connectivity index (χ2v) is 5.21. The lowest BCUT2D eigenvalue weighted by atomic mass is 9.93. The number of halogens is 2. The van der Waals surface area contributed by atoms with Crippen molar-refractivity contribution in [1.29, 1.82) is 0 Å². The highest BCUT2D eigenvalue weighted by molar-refractivity contribution is 5.20. The highest BCUT2D eigenvalue weighted by Gasteiger charge is 2.50. The number of hydrogen-bond acceptors (Lipinski definition) is 2. The van der Waals surface area contributed by atoms with Crippen molar-refractivity contribution in [3.05, 3.63) is 11.9 Å². The van der Waals surface area contributed by atoms with Gasteiger partial charge in [0.2, 0.25) is 0 Å². The predicted octanol–water partition coefficient (Wildman–Crippen LogP) is 2.45. The Kier molecular flexibility index (Phi) is 3.31. The molecule has 0 aromatic rings. The first-order valence-corrected chi connectivity index (χ1v) is 5.84. The fourth-order valence-corrected chi connectivity index (χ4v) is 2.77. The van der Waals surface area contributed by atoms with Gasteiger partial charge in [-0.25, -0.2) is 8.78 Å². The molecule has 0 radical (unpaired) electrons. The SMILES string of the molecule is CC(C)OCC12C/C(=C/F)CN1CC(F)C2. The molecule has 0 aromatic carbocycles. The maximum Gasteiger partial charge on any atom is 0.115 e. The van der Waals surface area contributed by atoms with E-state index in [2.05, 4.69) is 0 Å². The van der Waals surface area contributed by atoms with Gasteiger partial charge in [0.15, 0.2) is 0 Å². The molecule has 0 aliphatic carbocycles. The molecule has 4 heteroatoms. The molecule has 0 aromatic heterocycles. The Balaban J connectivity index is 2.08. The molecule has 2 atom stereocenters. The van der Waals surface area contributed by atoms with E-state index in [-0.39, 0.29) is 11.6 Å². The van der Waals surface area contributed by atoms with Crippen molar-refractivity contribution >= 4 is 0 Å². The maximum absolute atomic E-state index is 13.4. The molecule has 0 amide bonds. The van der Waals surface area contributed by atoms with Gasteiger partial charge in [-0.3, -0.25) is 4.90 Å². The Hall–Kier alpha value is -0.480. The third-order valence-corrected chi connectivity index (χ3v) is 3.48. The van der Waals surface area contributed by atoms with Crippen molar-refractivity contribution in [2.75, 3.05) is 19.7 Å². The average molecular weight is 231 g/mol. The number of fused-ring (bicyclic) bond motifs is 1. The number of ether oxygens (including phenoxy) is 1. The molecule has 2 fully saturated rings. The van der Waals surface area contributed by atoms with E-state index in [0.717, 1.165) is 5.57 Å². The van der Waals surface area contributed by atoms with Crippen LogP contribution in [0.15, 0.2) is 11.9 Å². The van der Waals surface area contributed by atoms with Gasteiger partial charge >= 0.3 is 0 Å². The van der Waals surface area contributed by atoms with Gasteiger partial charge in [0.05, 0.1) is 24.6 Å². The lowest BCUT2D eigenvalue weighted by Crippen LogP contribution is -2.43. The van der Waals surface area contributed by atoms with Crippen molar-refractivity contribution < 1.29 is 13.5 Å². The van der Waals surface area contributed by atoms with Gasteiger partial charge in [0.25, 0.3) is 0 Å². The maximum atomic E-state index is 13.4. The highest BCUT2D eigenvalue weighted by atomic mass is 19.1. The summed E-state index contributed by atoms with van der Waals surface area (Å²) in [5.74, 6) is 0. The van der Waals surface area contributed by atoms with Gasteiger partial charge in [-0.15, -0.1) is 0 Å². The summed E-state index contributed by atoms with van der Waals surface area (Å²) in [6.45, 7) is 5.40. The molecule has 92 valence electrons. The molecular weight excluding hydrogens is 212 g/mol. The third kappa shape index (κ3) is 2.13. The monoisotopic (exact) mass is 231 g/mol. The molecule has 16 heavy (non-hydrogen) atoms. The number of rotatable bonds is 3. The quantitative estimate of drug-likeness (QED) is 0.739. The normalized spacial score (nSPS) is 37.6. The second-order valence-electron chi connectivity index (χ2n) is 5.21. The summed E-state index contributed by atoms with van der Waals surface area (Å²) in [6, 6.07) is 0. The Labute approximate surface area is 95.3 Å². The molecule has 2 heterocycles. The van der Waals surface area contributed by atoms with Crippen LogP contribution in [0.3, 0.4) is 0 Å². The minimum absolute atomic E-state index is 0.133. The highest BCUT2D eigenvalue weighted by Crippen LogP contribution is 2.42. The van der Waals surface area contributed by atoms with Gasteiger partial charge in [0, 0.05) is 19.5 Å². The minimum Gasteiger partial charge on any atom is -0.377 e. The van der Waals surface area contributed by atoms with Gasteiger partial charge < -0.3 is 4.74 Å². The van der Waals surface area contributed by atoms with Crippen LogP contribution < -0.4 is 0 Å². The summed E-state index contributed by atoms with van der Waals surface area (Å²) < 4.78 is 31.6. The summed E-state index contributed by atoms with van der Waals surface area (Å²) in [5.41, 5.74) is 0.473. The summed E-state index contributed by atoms with van der Waals surface area (Å²) in [7, 11) is 0. The van der Waals surface area contributed by atoms with Crippen LogP contribution in [0, 0.1) is 0 Å². The molecule has 0 saturated carbocycles. The molecule has 2 nitrogen and oxygen atoms in total. The molecule has 2 aliphatic heterocycles. The average Bonchev–Trinajstić information content (AvgIpc) is 2.67. The van der Waals surface area contributed by atoms with Crippen LogP contribution in [0.5, 0.6) is 0 Å². The van der Waals surface area contributed by atoms with E-state index in [4.69, 9.17) is 4.74 Å². The van der Waals surface area contributed by atoms with E-state index in [1.54, 1.807) is 0 Å². The molecule has 0 bridgehead atoms. The first-order chi connectivity index (χ1) is 7.55. The molecule has 2 saturated heterocycles. The summed E-state index contributed by atoms with van der Waals surface area (Å²) in [5, 5.41) is 0. The topological polar surface area (TPSA) is 12.5 Å². The molecule has 0 N–H and O–H groups in total. The first-order valence-electron chi connectivity index (χ1n) is 5.84. The summed E-state index contributed by atoms with van der Waals surface area (Å²) >= 11 is 0. The van der Waals surface area contributed by atoms with Crippen LogP contribution >= 0.6 is 0 Å². The van der Waals surface area contributed by atoms with Crippen LogP contribution in [0.2, 0.25) is 0 Å². The van der Waals surface area contributed by atoms with E-state index in [1.165, 1.54) is 0 Å². The number of alkyl halides is 1. The fraction of sp³-hybridized carbons (Fsp3) is 0.833. The fourth-order valence-electron chi connectivity index (χ4n) is 2.77. The zero-order valence-electron chi connectivity index (χ0n) is 9.88. The lowest BCUT2D eigenvalue weighted by Gasteiger charge is -2.31. The van der Waals surface area contributed by atoms with Gasteiger partial charge in [-0.2, -0.15) is 0 Å². The Morgan fingerprint density at radius 1 is 1.62 bits per heavy atom. The molecule has 2 aliphatic rings. The van der Waals surface area contributed by atoms with Gasteiger partial charge in [-0.1, -0.05) is 0 Å². The first kappa shape index (κ1) is 12.0. The zero-order chi connectivity index (χ0) is 11.8. The van der Waals surface area contributed by atoms with E-state index in [0.29, 0.717) is 38.9 Å². The standard InChI is InChI=1S/C12H19F2NO/c1-9(2)16-8-12-3-10(5-13)6-15(12)7-11(14)4-12/h5,9,11H,3-4,6-8H2,1-2H3/b10-5-. The van der Waals surface area contributed by atoms with Crippen molar-refractivity contribution in [3.8, 4) is 0 Å². The molecule has 0 spiro atoms. The van der Waals surface area contributed by atoms with E-state index < -0.39 is 6.17 Å². The Bertz CT molecular complexity index is 293. The smallest absolute Gasteiger partial charge is 0.115 e. The Morgan fingerprint density at radius 3 is 3.00 bits per heavy atom.